The molecule has 0 unspecified atom stereocenters. The van der Waals surface area contributed by atoms with E-state index in [9.17, 15) is 9.59 Å². The smallest absolute Gasteiger partial charge is 0.302 e. The minimum absolute atomic E-state index is 0.0250. The summed E-state index contributed by atoms with van der Waals surface area (Å²) < 4.78 is 0. The van der Waals surface area contributed by atoms with Gasteiger partial charge in [0.05, 0.1) is 5.54 Å². The summed E-state index contributed by atoms with van der Waals surface area (Å²) in [6, 6.07) is 5.86. The lowest BCUT2D eigenvalue weighted by atomic mass is 9.88. The topological polar surface area (TPSA) is 167 Å². The minimum Gasteiger partial charge on any atom is -0.382 e. The van der Waals surface area contributed by atoms with Gasteiger partial charge in [-0.2, -0.15) is 4.99 Å². The minimum atomic E-state index is -0.677. The van der Waals surface area contributed by atoms with Gasteiger partial charge in [-0.05, 0) is 49.9 Å². The average Bonchev–Trinajstić information content (AvgIpc) is 3.39. The van der Waals surface area contributed by atoms with E-state index in [1.165, 1.54) is 5.56 Å². The van der Waals surface area contributed by atoms with Crippen molar-refractivity contribution in [1.29, 1.82) is 0 Å². The van der Waals surface area contributed by atoms with Crippen molar-refractivity contribution in [2.75, 3.05) is 31.1 Å². The largest absolute Gasteiger partial charge is 0.382 e. The number of nitrogen functional groups attached to an aromatic ring is 2. The molecule has 2 fully saturated rings. The van der Waals surface area contributed by atoms with Crippen molar-refractivity contribution in [3.63, 3.8) is 0 Å². The lowest BCUT2D eigenvalue weighted by Gasteiger charge is -2.38. The number of likely N-dealkylation sites (tertiary alicyclic amines) is 1. The number of amides is 2. The van der Waals surface area contributed by atoms with Crippen molar-refractivity contribution < 1.29 is 9.59 Å². The fraction of sp³-hybridized carbons (Fsp3) is 0.375. The van der Waals surface area contributed by atoms with Crippen molar-refractivity contribution in [2.24, 2.45) is 4.99 Å². The number of aromatic amines is 1. The fourth-order valence-electron chi connectivity index (χ4n) is 5.01. The third-order valence-electron chi connectivity index (χ3n) is 7.03. The molecule has 0 radical (unpaired) electrons. The highest BCUT2D eigenvalue weighted by molar-refractivity contribution is 6.31. The standard InChI is InChI=1S/C24H28ClN9O2/c1-3-14-12(2)29-16-5-4-13(10-15(14)16)22(36)34-8-6-24(7-9-34)11-28-23(33-24)32-21(35)17-19(26)31-20(27)18(25)30-17/h4-5,10,29H,3,6-9,11H2,1-2H3,(H4,26,27,31)(H2,28,32,33,35). The first-order valence-electron chi connectivity index (χ1n) is 11.8. The number of aromatic nitrogens is 3. The maximum absolute atomic E-state index is 13.3. The Morgan fingerprint density at radius 1 is 1.19 bits per heavy atom. The Labute approximate surface area is 212 Å². The van der Waals surface area contributed by atoms with Crippen molar-refractivity contribution in [3.8, 4) is 0 Å². The Bertz CT molecular complexity index is 1410. The molecule has 0 bridgehead atoms. The number of halogens is 1. The van der Waals surface area contributed by atoms with Gasteiger partial charge < -0.3 is 32.0 Å². The molecule has 4 heterocycles. The molecule has 1 aromatic carbocycles. The average molecular weight is 510 g/mol. The van der Waals surface area contributed by atoms with E-state index in [0.29, 0.717) is 44.0 Å². The van der Waals surface area contributed by atoms with Crippen LogP contribution in [0, 0.1) is 6.92 Å². The van der Waals surface area contributed by atoms with Gasteiger partial charge in [0.15, 0.2) is 28.4 Å². The van der Waals surface area contributed by atoms with Crippen LogP contribution in [0.1, 0.15) is 51.9 Å². The second-order valence-corrected chi connectivity index (χ2v) is 9.65. The number of nitrogens with zero attached hydrogens (tertiary/aromatic N) is 4. The van der Waals surface area contributed by atoms with Crippen LogP contribution in [-0.4, -0.2) is 62.8 Å². The highest BCUT2D eigenvalue weighted by Crippen LogP contribution is 2.28. The van der Waals surface area contributed by atoms with Crippen LogP contribution >= 0.6 is 11.6 Å². The zero-order valence-electron chi connectivity index (χ0n) is 20.1. The molecule has 188 valence electrons. The van der Waals surface area contributed by atoms with Gasteiger partial charge in [0.2, 0.25) is 0 Å². The molecular weight excluding hydrogens is 482 g/mol. The Morgan fingerprint density at radius 3 is 2.67 bits per heavy atom. The van der Waals surface area contributed by atoms with Crippen molar-refractivity contribution >= 4 is 51.9 Å². The zero-order chi connectivity index (χ0) is 25.6. The summed E-state index contributed by atoms with van der Waals surface area (Å²) in [5.41, 5.74) is 15.0. The predicted molar refractivity (Wildman–Crippen MR) is 139 cm³/mol. The Morgan fingerprint density at radius 2 is 1.94 bits per heavy atom. The molecule has 2 aliphatic heterocycles. The molecule has 0 aliphatic carbocycles. The molecule has 7 N–H and O–H groups in total. The molecule has 2 amide bonds. The number of rotatable bonds is 3. The van der Waals surface area contributed by atoms with E-state index in [-0.39, 0.29) is 33.9 Å². The van der Waals surface area contributed by atoms with Gasteiger partial charge in [0.25, 0.3) is 5.91 Å². The summed E-state index contributed by atoms with van der Waals surface area (Å²) >= 11 is 5.87. The molecule has 0 atom stereocenters. The summed E-state index contributed by atoms with van der Waals surface area (Å²) in [4.78, 5) is 42.9. The number of carbonyl (C=O) groups excluding carboxylic acids is 2. The van der Waals surface area contributed by atoms with E-state index >= 15 is 0 Å². The van der Waals surface area contributed by atoms with Crippen LogP contribution in [0.2, 0.25) is 5.15 Å². The highest BCUT2D eigenvalue weighted by Gasteiger charge is 2.41. The molecule has 1 spiro atoms. The van der Waals surface area contributed by atoms with Crippen LogP contribution in [0.5, 0.6) is 0 Å². The van der Waals surface area contributed by atoms with Crippen molar-refractivity contribution in [3.05, 3.63) is 45.9 Å². The quantitative estimate of drug-likeness (QED) is 0.357. The van der Waals surface area contributed by atoms with E-state index in [4.69, 9.17) is 23.1 Å². The number of fused-ring (bicyclic) bond motifs is 1. The maximum Gasteiger partial charge on any atom is 0.302 e. The van der Waals surface area contributed by atoms with Gasteiger partial charge in [-0.15, -0.1) is 0 Å². The molecular formula is C24H28ClN9O2. The van der Waals surface area contributed by atoms with Crippen LogP contribution < -0.4 is 22.1 Å². The molecule has 3 aromatic rings. The number of hydrogen-bond donors (Lipinski definition) is 5. The van der Waals surface area contributed by atoms with Gasteiger partial charge in [-0.3, -0.25) is 9.59 Å². The third kappa shape index (κ3) is 4.19. The number of benzene rings is 1. The lowest BCUT2D eigenvalue weighted by molar-refractivity contribution is 0.0669. The number of nitrogens with one attached hydrogen (secondary N) is 3. The molecule has 36 heavy (non-hydrogen) atoms. The monoisotopic (exact) mass is 509 g/mol. The number of H-pyrrole nitrogens is 1. The summed E-state index contributed by atoms with van der Waals surface area (Å²) in [5.74, 6) is -0.510. The molecule has 2 aromatic heterocycles. The number of piperidine rings is 1. The van der Waals surface area contributed by atoms with E-state index in [1.54, 1.807) is 0 Å². The second kappa shape index (κ2) is 8.98. The van der Waals surface area contributed by atoms with E-state index < -0.39 is 5.91 Å². The first kappa shape index (κ1) is 23.9. The second-order valence-electron chi connectivity index (χ2n) is 9.29. The first-order chi connectivity index (χ1) is 17.2. The van der Waals surface area contributed by atoms with E-state index in [2.05, 4.69) is 44.4 Å². The van der Waals surface area contributed by atoms with Crippen LogP contribution in [0.15, 0.2) is 23.2 Å². The van der Waals surface area contributed by atoms with Crippen LogP contribution in [-0.2, 0) is 6.42 Å². The first-order valence-corrected chi connectivity index (χ1v) is 12.2. The van der Waals surface area contributed by atoms with E-state index in [0.717, 1.165) is 23.0 Å². The molecule has 11 nitrogen and oxygen atoms in total. The summed E-state index contributed by atoms with van der Waals surface area (Å²) in [6.45, 7) is 5.94. The number of anilines is 2. The number of carbonyl (C=O) groups is 2. The maximum atomic E-state index is 13.3. The van der Waals surface area contributed by atoms with Gasteiger partial charge in [0.1, 0.15) is 0 Å². The highest BCUT2D eigenvalue weighted by atomic mass is 35.5. The molecule has 0 saturated carbocycles. The van der Waals surface area contributed by atoms with Crippen molar-refractivity contribution in [2.45, 2.75) is 38.6 Å². The Balaban J connectivity index is 1.25. The number of aryl methyl sites for hydroxylation is 2. The number of aliphatic imine (C=N–C) groups is 1. The van der Waals surface area contributed by atoms with E-state index in [1.807, 2.05) is 23.1 Å². The van der Waals surface area contributed by atoms with Gasteiger partial charge in [0, 0.05) is 41.8 Å². The van der Waals surface area contributed by atoms with Crippen LogP contribution in [0.4, 0.5) is 11.6 Å². The summed E-state index contributed by atoms with van der Waals surface area (Å²) in [6.07, 6.45) is 2.33. The van der Waals surface area contributed by atoms with Crippen LogP contribution in [0.25, 0.3) is 10.9 Å². The molecule has 2 saturated heterocycles. The summed E-state index contributed by atoms with van der Waals surface area (Å²) in [7, 11) is 0. The molecule has 5 rings (SSSR count). The molecule has 12 heteroatoms. The summed E-state index contributed by atoms with van der Waals surface area (Å²) in [5, 5.41) is 7.46. The van der Waals surface area contributed by atoms with Crippen molar-refractivity contribution in [1.82, 2.24) is 30.5 Å². The molecule has 2 aliphatic rings. The van der Waals surface area contributed by atoms with Gasteiger partial charge in [-0.25, -0.2) is 9.97 Å². The lowest BCUT2D eigenvalue weighted by Crippen LogP contribution is -2.53. The normalized spacial score (nSPS) is 18.0. The van der Waals surface area contributed by atoms with Gasteiger partial charge in [-0.1, -0.05) is 18.5 Å². The van der Waals surface area contributed by atoms with Crippen LogP contribution in [0.3, 0.4) is 0 Å². The Kier molecular flexibility index (Phi) is 5.95. The fourth-order valence-corrected chi connectivity index (χ4v) is 5.13. The number of hydrogen-bond acceptors (Lipinski definition) is 6. The zero-order valence-corrected chi connectivity index (χ0v) is 20.9. The number of guanidine groups is 1. The third-order valence-corrected chi connectivity index (χ3v) is 7.30. The van der Waals surface area contributed by atoms with Gasteiger partial charge >= 0.3 is 5.91 Å². The number of nitrogens with two attached hydrogens (primary N) is 2. The SMILES string of the molecule is CCc1c(C)[nH]c2ccc(C(=O)N3CCC4(CC3)CN/C(=N\C(=O)c3nc(Cl)c(N)nc3N)N4)cc12. The Hall–Kier alpha value is -3.86. The predicted octanol–water partition coefficient (Wildman–Crippen LogP) is 2.01.